The molecule has 1 aromatic carbocycles. The molecule has 0 spiro atoms. The molecule has 162 valence electrons. The third kappa shape index (κ3) is 4.66. The molecule has 1 N–H and O–H groups in total. The normalized spacial score (nSPS) is 16.0. The number of fused-ring (bicyclic) bond motifs is 1. The van der Waals surface area contributed by atoms with E-state index in [4.69, 9.17) is 9.47 Å². The number of benzene rings is 1. The Balaban J connectivity index is 1.72. The molecule has 0 saturated carbocycles. The maximum atomic E-state index is 13.2. The lowest BCUT2D eigenvalue weighted by atomic mass is 10.1. The zero-order valence-electron chi connectivity index (χ0n) is 17.0. The number of pyridine rings is 1. The number of halogens is 1. The Morgan fingerprint density at radius 2 is 2.16 bits per heavy atom. The first-order valence-electron chi connectivity index (χ1n) is 10.0. The van der Waals surface area contributed by atoms with Crippen molar-refractivity contribution in [2.45, 2.75) is 18.9 Å². The van der Waals surface area contributed by atoms with E-state index in [0.717, 1.165) is 18.9 Å². The van der Waals surface area contributed by atoms with E-state index in [2.05, 4.69) is 10.3 Å². The SMILES string of the molecule is N#C/C(=C\c1c(Oc2ccc(F)cc2)nc2ccccn2c1=O)C(=O)NCC1CCCO1. The van der Waals surface area contributed by atoms with Crippen LogP contribution in [0, 0.1) is 17.1 Å². The summed E-state index contributed by atoms with van der Waals surface area (Å²) in [5, 5.41) is 12.2. The number of rotatable bonds is 6. The number of hydrogen-bond acceptors (Lipinski definition) is 6. The molecule has 3 heterocycles. The first kappa shape index (κ1) is 21.2. The molecule has 1 atom stereocenters. The van der Waals surface area contributed by atoms with Crippen molar-refractivity contribution in [2.24, 2.45) is 0 Å². The highest BCUT2D eigenvalue weighted by molar-refractivity contribution is 6.01. The van der Waals surface area contributed by atoms with Crippen molar-refractivity contribution in [2.75, 3.05) is 13.2 Å². The average Bonchev–Trinajstić information content (AvgIpc) is 3.33. The molecule has 0 bridgehead atoms. The fourth-order valence-electron chi connectivity index (χ4n) is 3.30. The molecule has 2 aromatic heterocycles. The molecule has 1 fully saturated rings. The molecule has 1 aliphatic heterocycles. The van der Waals surface area contributed by atoms with Crippen LogP contribution in [0.5, 0.6) is 11.6 Å². The Hall–Kier alpha value is -4.03. The number of ether oxygens (including phenoxy) is 2. The highest BCUT2D eigenvalue weighted by Gasteiger charge is 2.20. The van der Waals surface area contributed by atoms with Crippen molar-refractivity contribution in [1.82, 2.24) is 14.7 Å². The van der Waals surface area contributed by atoms with Crippen LogP contribution in [0.4, 0.5) is 4.39 Å². The van der Waals surface area contributed by atoms with E-state index in [-0.39, 0.29) is 35.4 Å². The van der Waals surface area contributed by atoms with E-state index in [0.29, 0.717) is 12.3 Å². The van der Waals surface area contributed by atoms with Crippen LogP contribution in [0.15, 0.2) is 59.0 Å². The molecule has 3 aromatic rings. The lowest BCUT2D eigenvalue weighted by molar-refractivity contribution is -0.117. The van der Waals surface area contributed by atoms with Gasteiger partial charge in [-0.3, -0.25) is 14.0 Å². The second-order valence-electron chi connectivity index (χ2n) is 7.14. The summed E-state index contributed by atoms with van der Waals surface area (Å²) in [5.41, 5.74) is -0.566. The predicted octanol–water partition coefficient (Wildman–Crippen LogP) is 2.83. The van der Waals surface area contributed by atoms with Gasteiger partial charge in [-0.1, -0.05) is 6.07 Å². The van der Waals surface area contributed by atoms with Crippen LogP contribution in [0.3, 0.4) is 0 Å². The number of nitriles is 1. The number of carbonyl (C=O) groups excluding carboxylic acids is 1. The van der Waals surface area contributed by atoms with Gasteiger partial charge in [0.15, 0.2) is 0 Å². The monoisotopic (exact) mass is 434 g/mol. The van der Waals surface area contributed by atoms with Crippen LogP contribution in [0.1, 0.15) is 18.4 Å². The maximum Gasteiger partial charge on any atom is 0.269 e. The van der Waals surface area contributed by atoms with Gasteiger partial charge in [-0.15, -0.1) is 0 Å². The van der Waals surface area contributed by atoms with Crippen LogP contribution >= 0.6 is 0 Å². The number of nitrogens with one attached hydrogen (secondary N) is 1. The molecule has 1 saturated heterocycles. The zero-order valence-corrected chi connectivity index (χ0v) is 17.0. The summed E-state index contributed by atoms with van der Waals surface area (Å²) in [7, 11) is 0. The smallest absolute Gasteiger partial charge is 0.269 e. The van der Waals surface area contributed by atoms with Crippen molar-refractivity contribution < 1.29 is 18.7 Å². The lowest BCUT2D eigenvalue weighted by Gasteiger charge is -2.11. The molecule has 32 heavy (non-hydrogen) atoms. The van der Waals surface area contributed by atoms with Gasteiger partial charge in [0.1, 0.15) is 34.4 Å². The minimum Gasteiger partial charge on any atom is -0.438 e. The minimum atomic E-state index is -0.631. The lowest BCUT2D eigenvalue weighted by Crippen LogP contribution is -2.32. The van der Waals surface area contributed by atoms with Gasteiger partial charge >= 0.3 is 0 Å². The molecule has 9 heteroatoms. The number of amides is 1. The molecule has 0 aliphatic carbocycles. The molecule has 4 rings (SSSR count). The van der Waals surface area contributed by atoms with Crippen molar-refractivity contribution in [3.8, 4) is 17.7 Å². The van der Waals surface area contributed by atoms with Gasteiger partial charge < -0.3 is 14.8 Å². The van der Waals surface area contributed by atoms with E-state index in [1.807, 2.05) is 6.07 Å². The number of carbonyl (C=O) groups is 1. The summed E-state index contributed by atoms with van der Waals surface area (Å²) in [5.74, 6) is -0.936. The molecule has 1 aliphatic rings. The van der Waals surface area contributed by atoms with Gasteiger partial charge in [0.25, 0.3) is 11.5 Å². The second kappa shape index (κ2) is 9.41. The Morgan fingerprint density at radius 1 is 1.34 bits per heavy atom. The van der Waals surface area contributed by atoms with Crippen molar-refractivity contribution in [1.29, 1.82) is 5.26 Å². The van der Waals surface area contributed by atoms with Crippen LogP contribution in [-0.4, -0.2) is 34.5 Å². The highest BCUT2D eigenvalue weighted by Crippen LogP contribution is 2.24. The molecule has 1 amide bonds. The van der Waals surface area contributed by atoms with E-state index >= 15 is 0 Å². The topological polar surface area (TPSA) is 106 Å². The van der Waals surface area contributed by atoms with Gasteiger partial charge in [0.05, 0.1) is 6.10 Å². The van der Waals surface area contributed by atoms with Crippen LogP contribution in [0.25, 0.3) is 11.7 Å². The Labute approximate surface area is 182 Å². The summed E-state index contributed by atoms with van der Waals surface area (Å²) in [4.78, 5) is 30.0. The first-order chi connectivity index (χ1) is 15.5. The maximum absolute atomic E-state index is 13.2. The molecule has 0 radical (unpaired) electrons. The van der Waals surface area contributed by atoms with Crippen LogP contribution < -0.4 is 15.6 Å². The first-order valence-corrected chi connectivity index (χ1v) is 10.0. The fourth-order valence-corrected chi connectivity index (χ4v) is 3.30. The molecule has 8 nitrogen and oxygen atoms in total. The average molecular weight is 434 g/mol. The number of aromatic nitrogens is 2. The Kier molecular flexibility index (Phi) is 6.24. The second-order valence-corrected chi connectivity index (χ2v) is 7.14. The third-order valence-corrected chi connectivity index (χ3v) is 4.93. The van der Waals surface area contributed by atoms with Gasteiger partial charge in [-0.25, -0.2) is 4.39 Å². The third-order valence-electron chi connectivity index (χ3n) is 4.93. The quantitative estimate of drug-likeness (QED) is 0.472. The van der Waals surface area contributed by atoms with Gasteiger partial charge in [-0.05, 0) is 55.3 Å². The van der Waals surface area contributed by atoms with Crippen molar-refractivity contribution >= 4 is 17.6 Å². The van der Waals surface area contributed by atoms with Gasteiger partial charge in [-0.2, -0.15) is 10.2 Å². The summed E-state index contributed by atoms with van der Waals surface area (Å²) < 4.78 is 25.7. The minimum absolute atomic E-state index is 0.0816. The standard InChI is InChI=1S/C23H19FN4O4/c24-16-6-8-17(9-7-16)32-22-19(23(30)28-10-2-1-5-20(28)27-22)12-15(13-25)21(29)26-14-18-4-3-11-31-18/h1-2,5-10,12,18H,3-4,11,14H2,(H,26,29)/b15-12+. The Morgan fingerprint density at radius 3 is 2.88 bits per heavy atom. The molecular formula is C23H19FN4O4. The van der Waals surface area contributed by atoms with Gasteiger partial charge in [0, 0.05) is 19.3 Å². The molecule has 1 unspecified atom stereocenters. The molecular weight excluding hydrogens is 415 g/mol. The van der Waals surface area contributed by atoms with E-state index in [9.17, 15) is 19.2 Å². The van der Waals surface area contributed by atoms with Gasteiger partial charge in [0.2, 0.25) is 5.88 Å². The van der Waals surface area contributed by atoms with E-state index in [1.54, 1.807) is 18.2 Å². The summed E-state index contributed by atoms with van der Waals surface area (Å²) in [6.45, 7) is 0.914. The summed E-state index contributed by atoms with van der Waals surface area (Å²) in [6, 6.07) is 12.0. The van der Waals surface area contributed by atoms with E-state index in [1.165, 1.54) is 34.9 Å². The largest absolute Gasteiger partial charge is 0.438 e. The fraction of sp³-hybridized carbons (Fsp3) is 0.217. The van der Waals surface area contributed by atoms with Crippen molar-refractivity contribution in [3.05, 3.63) is 76.0 Å². The van der Waals surface area contributed by atoms with Crippen LogP contribution in [-0.2, 0) is 9.53 Å². The Bertz CT molecular complexity index is 1270. The van der Waals surface area contributed by atoms with Crippen molar-refractivity contribution in [3.63, 3.8) is 0 Å². The zero-order chi connectivity index (χ0) is 22.5. The summed E-state index contributed by atoms with van der Waals surface area (Å²) >= 11 is 0. The highest BCUT2D eigenvalue weighted by atomic mass is 19.1. The summed E-state index contributed by atoms with van der Waals surface area (Å²) in [6.07, 6.45) is 4.33. The van der Waals surface area contributed by atoms with E-state index < -0.39 is 17.3 Å². The predicted molar refractivity (Wildman–Crippen MR) is 114 cm³/mol. The number of nitrogens with zero attached hydrogens (tertiary/aromatic N) is 3. The number of hydrogen-bond donors (Lipinski definition) is 1. The van der Waals surface area contributed by atoms with Crippen LogP contribution in [0.2, 0.25) is 0 Å².